The summed E-state index contributed by atoms with van der Waals surface area (Å²) in [4.78, 5) is 8.14. The number of rotatable bonds is 5. The molecule has 6 N–H and O–H groups in total. The van der Waals surface area contributed by atoms with Crippen molar-refractivity contribution in [3.8, 4) is 6.07 Å². The number of hydrogen-bond acceptors (Lipinski definition) is 8. The molecule has 0 aliphatic carbocycles. The van der Waals surface area contributed by atoms with Crippen molar-refractivity contribution in [1.29, 1.82) is 5.26 Å². The first-order valence-electron chi connectivity index (χ1n) is 8.15. The summed E-state index contributed by atoms with van der Waals surface area (Å²) in [6.07, 6.45) is 8.61. The lowest BCUT2D eigenvalue weighted by Gasteiger charge is -2.26. The number of aromatic nitrogens is 2. The van der Waals surface area contributed by atoms with Gasteiger partial charge in [-0.05, 0) is 19.4 Å². The van der Waals surface area contributed by atoms with Gasteiger partial charge in [0.25, 0.3) is 0 Å². The topological polar surface area (TPSA) is 124 Å². The number of nitrogens with zero attached hydrogens (tertiary/aromatic N) is 3. The Bertz CT molecular complexity index is 664. The summed E-state index contributed by atoms with van der Waals surface area (Å²) in [5.74, 6) is 1.36. The predicted molar refractivity (Wildman–Crippen MR) is 91.3 cm³/mol. The van der Waals surface area contributed by atoms with Crippen LogP contribution in [0.5, 0.6) is 0 Å². The van der Waals surface area contributed by atoms with Crippen LogP contribution in [0.2, 0.25) is 0 Å². The van der Waals surface area contributed by atoms with Crippen LogP contribution < -0.4 is 27.0 Å². The van der Waals surface area contributed by atoms with Gasteiger partial charge in [-0.3, -0.25) is 0 Å². The molecular weight excluding hydrogens is 304 g/mol. The van der Waals surface area contributed by atoms with Crippen LogP contribution in [0.1, 0.15) is 25.0 Å². The minimum absolute atomic E-state index is 0.289. The van der Waals surface area contributed by atoms with Crippen molar-refractivity contribution in [3.05, 3.63) is 41.4 Å². The molecule has 126 valence electrons. The fourth-order valence-electron chi connectivity index (χ4n) is 2.74. The normalized spacial score (nSPS) is 20.6. The van der Waals surface area contributed by atoms with Crippen molar-refractivity contribution in [3.63, 3.8) is 0 Å². The Morgan fingerprint density at radius 2 is 2.25 bits per heavy atom. The van der Waals surface area contributed by atoms with E-state index in [1.54, 1.807) is 0 Å². The molecule has 2 aliphatic rings. The minimum Gasteiger partial charge on any atom is -0.399 e. The average molecular weight is 326 g/mol. The largest absolute Gasteiger partial charge is 0.399 e. The minimum atomic E-state index is 0.289. The maximum atomic E-state index is 8.75. The van der Waals surface area contributed by atoms with Crippen LogP contribution in [0.4, 0.5) is 5.82 Å². The molecule has 1 aromatic rings. The number of nitrogens with one attached hydrogen (secondary N) is 4. The van der Waals surface area contributed by atoms with Crippen LogP contribution in [0.3, 0.4) is 0 Å². The number of anilines is 1. The highest BCUT2D eigenvalue weighted by atomic mass is 15.2. The van der Waals surface area contributed by atoms with Gasteiger partial charge in [0.1, 0.15) is 17.7 Å². The van der Waals surface area contributed by atoms with Gasteiger partial charge in [-0.1, -0.05) is 6.42 Å². The van der Waals surface area contributed by atoms with Gasteiger partial charge < -0.3 is 27.0 Å². The summed E-state index contributed by atoms with van der Waals surface area (Å²) in [6.45, 7) is 2.50. The van der Waals surface area contributed by atoms with Crippen molar-refractivity contribution in [2.24, 2.45) is 5.73 Å². The summed E-state index contributed by atoms with van der Waals surface area (Å²) in [5, 5.41) is 22.0. The van der Waals surface area contributed by atoms with Gasteiger partial charge in [0.2, 0.25) is 0 Å². The smallest absolute Gasteiger partial charge is 0.158 e. The van der Waals surface area contributed by atoms with Crippen LogP contribution >= 0.6 is 0 Å². The predicted octanol–water partition coefficient (Wildman–Crippen LogP) is 0.107. The molecule has 1 saturated heterocycles. The van der Waals surface area contributed by atoms with Gasteiger partial charge >= 0.3 is 0 Å². The van der Waals surface area contributed by atoms with Crippen LogP contribution in [0.15, 0.2) is 35.7 Å². The summed E-state index contributed by atoms with van der Waals surface area (Å²) >= 11 is 0. The Kier molecular flexibility index (Phi) is 5.13. The van der Waals surface area contributed by atoms with Crippen molar-refractivity contribution < 1.29 is 0 Å². The summed E-state index contributed by atoms with van der Waals surface area (Å²) in [5.41, 5.74) is 8.08. The number of hydrogen-bond donors (Lipinski definition) is 5. The third-order valence-electron chi connectivity index (χ3n) is 4.08. The lowest BCUT2D eigenvalue weighted by Crippen LogP contribution is -2.42. The van der Waals surface area contributed by atoms with Crippen LogP contribution in [0.25, 0.3) is 0 Å². The van der Waals surface area contributed by atoms with Gasteiger partial charge in [0.15, 0.2) is 5.69 Å². The second kappa shape index (κ2) is 7.66. The zero-order valence-corrected chi connectivity index (χ0v) is 13.5. The lowest BCUT2D eigenvalue weighted by molar-refractivity contribution is 0.393. The van der Waals surface area contributed by atoms with Crippen LogP contribution in [-0.4, -0.2) is 35.6 Å². The molecule has 8 nitrogen and oxygen atoms in total. The van der Waals surface area contributed by atoms with Gasteiger partial charge in [0, 0.05) is 18.7 Å². The van der Waals surface area contributed by atoms with E-state index in [0.717, 1.165) is 30.3 Å². The van der Waals surface area contributed by atoms with E-state index in [2.05, 4.69) is 31.2 Å². The fraction of sp³-hybridized carbons (Fsp3) is 0.438. The van der Waals surface area contributed by atoms with E-state index in [1.807, 2.05) is 12.1 Å². The lowest BCUT2D eigenvalue weighted by atomic mass is 10.0. The molecule has 0 unspecified atom stereocenters. The van der Waals surface area contributed by atoms with E-state index >= 15 is 0 Å². The van der Waals surface area contributed by atoms with Crippen molar-refractivity contribution >= 4 is 5.82 Å². The van der Waals surface area contributed by atoms with E-state index in [-0.39, 0.29) is 5.69 Å². The number of nitriles is 1. The summed E-state index contributed by atoms with van der Waals surface area (Å²) < 4.78 is 0. The molecule has 24 heavy (non-hydrogen) atoms. The molecular formula is C16H22N8. The molecule has 0 amide bonds. The van der Waals surface area contributed by atoms with Gasteiger partial charge in [-0.25, -0.2) is 9.97 Å². The quantitative estimate of drug-likeness (QED) is 0.516. The number of nitrogens with two attached hydrogens (primary N) is 1. The second-order valence-corrected chi connectivity index (χ2v) is 5.90. The highest BCUT2D eigenvalue weighted by molar-refractivity contribution is 5.44. The SMILES string of the molecule is N#Cc1cnc(NC2=CC(NC[C@@H]3CCCCN3)=C(N)CN2)cn1. The second-order valence-electron chi connectivity index (χ2n) is 5.90. The molecule has 0 aromatic carbocycles. The van der Waals surface area contributed by atoms with Crippen LogP contribution in [0, 0.1) is 11.3 Å². The third-order valence-corrected chi connectivity index (χ3v) is 4.08. The van der Waals surface area contributed by atoms with Crippen LogP contribution in [-0.2, 0) is 0 Å². The molecule has 2 aliphatic heterocycles. The first-order valence-corrected chi connectivity index (χ1v) is 8.15. The molecule has 0 spiro atoms. The van der Waals surface area contributed by atoms with Gasteiger partial charge in [-0.2, -0.15) is 5.26 Å². The highest BCUT2D eigenvalue weighted by Gasteiger charge is 2.15. The Balaban J connectivity index is 1.60. The fourth-order valence-corrected chi connectivity index (χ4v) is 2.74. The van der Waals surface area contributed by atoms with Crippen molar-refractivity contribution in [2.75, 3.05) is 25.0 Å². The molecule has 3 rings (SSSR count). The van der Waals surface area contributed by atoms with E-state index < -0.39 is 0 Å². The number of piperidine rings is 1. The molecule has 0 bridgehead atoms. The van der Waals surface area contributed by atoms with E-state index in [1.165, 1.54) is 31.7 Å². The van der Waals surface area contributed by atoms with E-state index in [0.29, 0.717) is 18.4 Å². The summed E-state index contributed by atoms with van der Waals surface area (Å²) in [7, 11) is 0. The monoisotopic (exact) mass is 326 g/mol. The first kappa shape index (κ1) is 16.1. The van der Waals surface area contributed by atoms with E-state index in [9.17, 15) is 0 Å². The third kappa shape index (κ3) is 4.14. The zero-order valence-electron chi connectivity index (χ0n) is 13.5. The molecule has 0 radical (unpaired) electrons. The molecule has 1 aromatic heterocycles. The summed E-state index contributed by atoms with van der Waals surface area (Å²) in [6, 6.07) is 2.44. The first-order chi connectivity index (χ1) is 11.7. The zero-order chi connectivity index (χ0) is 16.8. The average Bonchev–Trinajstić information content (AvgIpc) is 2.63. The number of allylic oxidation sites excluding steroid dienone is 1. The molecule has 8 heteroatoms. The maximum Gasteiger partial charge on any atom is 0.158 e. The van der Waals surface area contributed by atoms with Gasteiger partial charge in [0.05, 0.1) is 30.3 Å². The molecule has 1 atom stereocenters. The van der Waals surface area contributed by atoms with E-state index in [4.69, 9.17) is 11.0 Å². The molecule has 3 heterocycles. The Labute approximate surface area is 141 Å². The van der Waals surface area contributed by atoms with Crippen molar-refractivity contribution in [1.82, 2.24) is 25.9 Å². The van der Waals surface area contributed by atoms with Crippen molar-refractivity contribution in [2.45, 2.75) is 25.3 Å². The number of dihydropyridines is 1. The van der Waals surface area contributed by atoms with Gasteiger partial charge in [-0.15, -0.1) is 0 Å². The Morgan fingerprint density at radius 3 is 2.96 bits per heavy atom. The maximum absolute atomic E-state index is 8.75. The highest BCUT2D eigenvalue weighted by Crippen LogP contribution is 2.12. The standard InChI is InChI=1S/C16H22N8/c17-6-12-8-22-16(10-20-12)24-15-5-14(13(18)9-23-15)21-7-11-3-1-2-4-19-11/h5,8,10-11,19,21,23H,1-4,7,9,18H2,(H,22,24)/t11-/m0/s1. The Morgan fingerprint density at radius 1 is 1.33 bits per heavy atom. The Hall–Kier alpha value is -2.79. The molecule has 0 saturated carbocycles. The molecule has 1 fully saturated rings.